The molecular formula is C17H19N3O3. The van der Waals surface area contributed by atoms with Gasteiger partial charge >= 0.3 is 0 Å². The number of benzene rings is 2. The van der Waals surface area contributed by atoms with Crippen molar-refractivity contribution in [3.05, 3.63) is 53.6 Å². The summed E-state index contributed by atoms with van der Waals surface area (Å²) in [6, 6.07) is 11.9. The van der Waals surface area contributed by atoms with Crippen LogP contribution in [0.1, 0.15) is 18.1 Å². The highest BCUT2D eigenvalue weighted by Gasteiger charge is 2.06. The summed E-state index contributed by atoms with van der Waals surface area (Å²) in [5, 5.41) is 25.9. The predicted octanol–water partition coefficient (Wildman–Crippen LogP) is 2.36. The van der Waals surface area contributed by atoms with Gasteiger partial charge in [0.2, 0.25) is 0 Å². The molecular weight excluding hydrogens is 294 g/mol. The summed E-state index contributed by atoms with van der Waals surface area (Å²) in [4.78, 5) is 11.8. The third-order valence-corrected chi connectivity index (χ3v) is 3.22. The first-order chi connectivity index (χ1) is 11.0. The number of carbonyl (C=O) groups excluding carboxylic acids is 1. The minimum absolute atomic E-state index is 0.0367. The fourth-order valence-corrected chi connectivity index (χ4v) is 1.93. The van der Waals surface area contributed by atoms with Gasteiger partial charge < -0.3 is 15.5 Å². The lowest BCUT2D eigenvalue weighted by Crippen LogP contribution is -2.26. The van der Waals surface area contributed by atoms with Gasteiger partial charge in [-0.3, -0.25) is 4.79 Å². The molecule has 6 heteroatoms. The number of hydrogen-bond acceptors (Lipinski definition) is 5. The molecule has 0 radical (unpaired) electrons. The number of phenols is 2. The fourth-order valence-electron chi connectivity index (χ4n) is 1.93. The molecule has 0 spiro atoms. The minimum atomic E-state index is -0.303. The van der Waals surface area contributed by atoms with Gasteiger partial charge in [-0.25, -0.2) is 5.43 Å². The van der Waals surface area contributed by atoms with Crippen LogP contribution in [0, 0.1) is 6.92 Å². The number of anilines is 1. The number of aromatic hydroxyl groups is 2. The van der Waals surface area contributed by atoms with Crippen LogP contribution in [0.15, 0.2) is 47.6 Å². The summed E-state index contributed by atoms with van der Waals surface area (Å²) in [7, 11) is 0. The van der Waals surface area contributed by atoms with Crippen molar-refractivity contribution in [3.63, 3.8) is 0 Å². The molecule has 0 aliphatic heterocycles. The highest BCUT2D eigenvalue weighted by atomic mass is 16.3. The van der Waals surface area contributed by atoms with Gasteiger partial charge in [0, 0.05) is 17.3 Å². The van der Waals surface area contributed by atoms with Crippen molar-refractivity contribution >= 4 is 17.3 Å². The summed E-state index contributed by atoms with van der Waals surface area (Å²) in [6.07, 6.45) is 0. The number of hydrazone groups is 1. The zero-order valence-corrected chi connectivity index (χ0v) is 13.0. The van der Waals surface area contributed by atoms with Crippen LogP contribution in [-0.4, -0.2) is 28.4 Å². The van der Waals surface area contributed by atoms with E-state index in [0.717, 1.165) is 11.3 Å². The maximum Gasteiger partial charge on any atom is 0.259 e. The molecule has 1 amide bonds. The first-order valence-corrected chi connectivity index (χ1v) is 7.12. The highest BCUT2D eigenvalue weighted by molar-refractivity contribution is 6.01. The van der Waals surface area contributed by atoms with E-state index in [2.05, 4.69) is 15.8 Å². The van der Waals surface area contributed by atoms with Crippen LogP contribution in [0.2, 0.25) is 0 Å². The molecule has 0 atom stereocenters. The second-order valence-corrected chi connectivity index (χ2v) is 5.15. The van der Waals surface area contributed by atoms with Gasteiger partial charge in [0.15, 0.2) is 0 Å². The lowest BCUT2D eigenvalue weighted by Gasteiger charge is -2.07. The Bertz CT molecular complexity index is 724. The van der Waals surface area contributed by atoms with E-state index >= 15 is 0 Å². The summed E-state index contributed by atoms with van der Waals surface area (Å²) in [5.74, 6) is -0.438. The molecule has 0 heterocycles. The number of phenolic OH excluding ortho intramolecular Hbond substituents is 2. The average molecular weight is 313 g/mol. The molecule has 2 aromatic rings. The molecule has 0 saturated heterocycles. The van der Waals surface area contributed by atoms with Crippen LogP contribution in [0.3, 0.4) is 0 Å². The van der Waals surface area contributed by atoms with Crippen LogP contribution < -0.4 is 10.7 Å². The van der Waals surface area contributed by atoms with E-state index in [4.69, 9.17) is 0 Å². The first-order valence-electron chi connectivity index (χ1n) is 7.12. The van der Waals surface area contributed by atoms with Gasteiger partial charge in [-0.05, 0) is 38.1 Å². The number of rotatable bonds is 5. The van der Waals surface area contributed by atoms with Crippen molar-refractivity contribution in [3.8, 4) is 11.5 Å². The van der Waals surface area contributed by atoms with Gasteiger partial charge in [-0.2, -0.15) is 5.10 Å². The minimum Gasteiger partial charge on any atom is -0.508 e. The predicted molar refractivity (Wildman–Crippen MR) is 89.8 cm³/mol. The Labute approximate surface area is 134 Å². The summed E-state index contributed by atoms with van der Waals surface area (Å²) >= 11 is 0. The molecule has 4 N–H and O–H groups in total. The van der Waals surface area contributed by atoms with Crippen molar-refractivity contribution in [2.45, 2.75) is 13.8 Å². The Kier molecular flexibility index (Phi) is 5.19. The van der Waals surface area contributed by atoms with E-state index in [1.165, 1.54) is 18.2 Å². The van der Waals surface area contributed by atoms with E-state index in [1.54, 1.807) is 6.92 Å². The van der Waals surface area contributed by atoms with Crippen LogP contribution in [-0.2, 0) is 4.79 Å². The monoisotopic (exact) mass is 313 g/mol. The molecule has 2 aromatic carbocycles. The second-order valence-electron chi connectivity index (χ2n) is 5.15. The van der Waals surface area contributed by atoms with Gasteiger partial charge in [-0.1, -0.05) is 17.7 Å². The summed E-state index contributed by atoms with van der Waals surface area (Å²) in [5.41, 5.74) is 5.29. The Balaban J connectivity index is 1.90. The molecule has 0 aliphatic carbocycles. The normalized spacial score (nSPS) is 11.1. The van der Waals surface area contributed by atoms with Crippen LogP contribution in [0.5, 0.6) is 11.5 Å². The van der Waals surface area contributed by atoms with Crippen LogP contribution in [0.4, 0.5) is 5.69 Å². The van der Waals surface area contributed by atoms with Gasteiger partial charge in [-0.15, -0.1) is 0 Å². The Morgan fingerprint density at radius 1 is 1.13 bits per heavy atom. The molecule has 6 nitrogen and oxygen atoms in total. The maximum absolute atomic E-state index is 11.8. The molecule has 0 saturated carbocycles. The number of nitrogens with one attached hydrogen (secondary N) is 2. The third-order valence-electron chi connectivity index (χ3n) is 3.22. The summed E-state index contributed by atoms with van der Waals surface area (Å²) in [6.45, 7) is 3.73. The molecule has 0 aromatic heterocycles. The van der Waals surface area contributed by atoms with Gasteiger partial charge in [0.25, 0.3) is 5.91 Å². The average Bonchev–Trinajstić information content (AvgIpc) is 2.52. The molecule has 0 bridgehead atoms. The van der Waals surface area contributed by atoms with Crippen molar-refractivity contribution < 1.29 is 15.0 Å². The number of amides is 1. The van der Waals surface area contributed by atoms with Crippen LogP contribution in [0.25, 0.3) is 0 Å². The second kappa shape index (κ2) is 7.31. The van der Waals surface area contributed by atoms with Gasteiger partial charge in [0.05, 0.1) is 12.3 Å². The van der Waals surface area contributed by atoms with Crippen molar-refractivity contribution in [2.24, 2.45) is 5.10 Å². The lowest BCUT2D eigenvalue weighted by molar-refractivity contribution is -0.119. The SMILES string of the molecule is C/C(=N/NC(=O)CNc1ccc(C)cc1)c1ccc(O)cc1O. The van der Waals surface area contributed by atoms with Crippen molar-refractivity contribution in [1.29, 1.82) is 0 Å². The van der Waals surface area contributed by atoms with E-state index in [9.17, 15) is 15.0 Å². The van der Waals surface area contributed by atoms with E-state index in [1.807, 2.05) is 31.2 Å². The smallest absolute Gasteiger partial charge is 0.259 e. The highest BCUT2D eigenvalue weighted by Crippen LogP contribution is 2.22. The fraction of sp³-hybridized carbons (Fsp3) is 0.176. The standard InChI is InChI=1S/C17H19N3O3/c1-11-3-5-13(6-4-11)18-10-17(23)20-19-12(2)15-8-7-14(21)9-16(15)22/h3-9,18,21-22H,10H2,1-2H3,(H,20,23)/b19-12-. The Hall–Kier alpha value is -3.02. The molecule has 120 valence electrons. The van der Waals surface area contributed by atoms with E-state index in [-0.39, 0.29) is 24.0 Å². The first kappa shape index (κ1) is 16.4. The number of hydrogen-bond donors (Lipinski definition) is 4. The van der Waals surface area contributed by atoms with Crippen molar-refractivity contribution in [1.82, 2.24) is 5.43 Å². The van der Waals surface area contributed by atoms with Gasteiger partial charge in [0.1, 0.15) is 11.5 Å². The maximum atomic E-state index is 11.8. The number of aryl methyl sites for hydroxylation is 1. The zero-order chi connectivity index (χ0) is 16.8. The third kappa shape index (κ3) is 4.74. The Morgan fingerprint density at radius 2 is 1.83 bits per heavy atom. The Morgan fingerprint density at radius 3 is 2.48 bits per heavy atom. The van der Waals surface area contributed by atoms with Crippen LogP contribution >= 0.6 is 0 Å². The number of carbonyl (C=O) groups is 1. The lowest BCUT2D eigenvalue weighted by atomic mass is 10.1. The molecule has 2 rings (SSSR count). The topological polar surface area (TPSA) is 94.0 Å². The molecule has 0 unspecified atom stereocenters. The zero-order valence-electron chi connectivity index (χ0n) is 13.0. The molecule has 0 aliphatic rings. The van der Waals surface area contributed by atoms with E-state index < -0.39 is 0 Å². The quantitative estimate of drug-likeness (QED) is 0.503. The van der Waals surface area contributed by atoms with E-state index in [0.29, 0.717) is 11.3 Å². The number of nitrogens with zero attached hydrogens (tertiary/aromatic N) is 1. The molecule has 23 heavy (non-hydrogen) atoms. The van der Waals surface area contributed by atoms with Crippen molar-refractivity contribution in [2.75, 3.05) is 11.9 Å². The molecule has 0 fully saturated rings. The summed E-state index contributed by atoms with van der Waals surface area (Å²) < 4.78 is 0. The largest absolute Gasteiger partial charge is 0.508 e.